The van der Waals surface area contributed by atoms with E-state index in [1.807, 2.05) is 24.3 Å². The van der Waals surface area contributed by atoms with Gasteiger partial charge in [0.15, 0.2) is 17.3 Å². The first-order valence-electron chi connectivity index (χ1n) is 7.15. The molecule has 0 heterocycles. The van der Waals surface area contributed by atoms with Gasteiger partial charge in [0, 0.05) is 4.90 Å². The molecule has 1 aliphatic carbocycles. The fourth-order valence-electron chi connectivity index (χ4n) is 2.51. The van der Waals surface area contributed by atoms with Gasteiger partial charge in [0.25, 0.3) is 0 Å². The van der Waals surface area contributed by atoms with Gasteiger partial charge < -0.3 is 15.3 Å². The Hall–Kier alpha value is -2.92. The highest BCUT2D eigenvalue weighted by Gasteiger charge is 2.17. The molecule has 0 aliphatic heterocycles. The molecule has 4 nitrogen and oxygen atoms in total. The molecule has 0 unspecified atom stereocenters. The Morgan fingerprint density at radius 3 is 2.33 bits per heavy atom. The summed E-state index contributed by atoms with van der Waals surface area (Å²) >= 11 is 4.47. The molecule has 3 N–H and O–H groups in total. The number of phenolic OH excluding ortho intramolecular Hbond substituents is 2. The Labute approximate surface area is 144 Å². The van der Waals surface area contributed by atoms with Gasteiger partial charge in [-0.05, 0) is 52.6 Å². The Balaban J connectivity index is 2.30. The van der Waals surface area contributed by atoms with Crippen molar-refractivity contribution in [2.45, 2.75) is 4.90 Å². The quantitative estimate of drug-likeness (QED) is 0.496. The van der Waals surface area contributed by atoms with E-state index in [1.165, 1.54) is 24.3 Å². The SMILES string of the molecule is O=C1C=C/C(=C(\c2ccc(O)c(O)c2)c2ccccc2S)C=C1O. The molecule has 0 atom stereocenters. The highest BCUT2D eigenvalue weighted by Crippen LogP contribution is 2.36. The third kappa shape index (κ3) is 2.94. The van der Waals surface area contributed by atoms with Gasteiger partial charge in [-0.3, -0.25) is 4.79 Å². The Morgan fingerprint density at radius 1 is 0.917 bits per heavy atom. The summed E-state index contributed by atoms with van der Waals surface area (Å²) in [5.41, 5.74) is 2.65. The summed E-state index contributed by atoms with van der Waals surface area (Å²) < 4.78 is 0. The van der Waals surface area contributed by atoms with E-state index in [0.717, 1.165) is 5.56 Å². The Morgan fingerprint density at radius 2 is 1.67 bits per heavy atom. The first-order valence-corrected chi connectivity index (χ1v) is 7.60. The number of aliphatic hydroxyl groups excluding tert-OH is 1. The zero-order valence-corrected chi connectivity index (χ0v) is 13.4. The summed E-state index contributed by atoms with van der Waals surface area (Å²) in [6.07, 6.45) is 4.26. The van der Waals surface area contributed by atoms with E-state index >= 15 is 0 Å². The maximum Gasteiger partial charge on any atom is 0.220 e. The molecule has 3 rings (SSSR count). The number of carbonyl (C=O) groups is 1. The number of benzene rings is 2. The van der Waals surface area contributed by atoms with Crippen molar-refractivity contribution < 1.29 is 20.1 Å². The lowest BCUT2D eigenvalue weighted by atomic mass is 9.90. The van der Waals surface area contributed by atoms with Crippen molar-refractivity contribution in [2.75, 3.05) is 0 Å². The van der Waals surface area contributed by atoms with Gasteiger partial charge in [0.05, 0.1) is 0 Å². The van der Waals surface area contributed by atoms with Crippen LogP contribution in [0, 0.1) is 0 Å². The van der Waals surface area contributed by atoms with E-state index < -0.39 is 5.78 Å². The molecule has 0 radical (unpaired) electrons. The fraction of sp³-hybridized carbons (Fsp3) is 0. The van der Waals surface area contributed by atoms with E-state index in [4.69, 9.17) is 0 Å². The molecule has 24 heavy (non-hydrogen) atoms. The van der Waals surface area contributed by atoms with Crippen molar-refractivity contribution in [1.82, 2.24) is 0 Å². The number of phenols is 2. The molecule has 5 heteroatoms. The number of carbonyl (C=O) groups excluding carboxylic acids is 1. The molecular weight excluding hydrogens is 324 g/mol. The van der Waals surface area contributed by atoms with Crippen molar-refractivity contribution >= 4 is 24.0 Å². The summed E-state index contributed by atoms with van der Waals surface area (Å²) in [6, 6.07) is 11.8. The lowest BCUT2D eigenvalue weighted by Crippen LogP contribution is -2.04. The van der Waals surface area contributed by atoms with E-state index in [2.05, 4.69) is 12.6 Å². The largest absolute Gasteiger partial charge is 0.504 e. The normalized spacial score (nSPS) is 16.0. The predicted molar refractivity (Wildman–Crippen MR) is 94.3 cm³/mol. The van der Waals surface area contributed by atoms with E-state index in [0.29, 0.717) is 21.6 Å². The zero-order valence-electron chi connectivity index (χ0n) is 12.5. The molecule has 0 saturated carbocycles. The van der Waals surface area contributed by atoms with E-state index in [-0.39, 0.29) is 17.3 Å². The molecule has 120 valence electrons. The van der Waals surface area contributed by atoms with Crippen LogP contribution in [0.3, 0.4) is 0 Å². The number of aromatic hydroxyl groups is 2. The minimum atomic E-state index is -0.467. The smallest absolute Gasteiger partial charge is 0.220 e. The summed E-state index contributed by atoms with van der Waals surface area (Å²) in [6.45, 7) is 0. The lowest BCUT2D eigenvalue weighted by molar-refractivity contribution is -0.113. The summed E-state index contributed by atoms with van der Waals surface area (Å²) in [7, 11) is 0. The number of rotatable bonds is 2. The third-order valence-corrected chi connectivity index (χ3v) is 4.08. The molecule has 2 aromatic carbocycles. The number of thiol groups is 1. The van der Waals surface area contributed by atoms with Crippen LogP contribution in [0.15, 0.2) is 76.9 Å². The number of hydrogen-bond donors (Lipinski definition) is 4. The molecule has 0 saturated heterocycles. The second-order valence-corrected chi connectivity index (χ2v) is 5.76. The highest BCUT2D eigenvalue weighted by atomic mass is 32.1. The average molecular weight is 338 g/mol. The zero-order chi connectivity index (χ0) is 17.3. The topological polar surface area (TPSA) is 77.8 Å². The van der Waals surface area contributed by atoms with Crippen LogP contribution in [-0.4, -0.2) is 21.1 Å². The maximum atomic E-state index is 11.5. The second-order valence-electron chi connectivity index (χ2n) is 5.28. The van der Waals surface area contributed by atoms with Crippen LogP contribution in [0.2, 0.25) is 0 Å². The average Bonchev–Trinajstić information content (AvgIpc) is 2.56. The van der Waals surface area contributed by atoms with Crippen molar-refractivity contribution in [1.29, 1.82) is 0 Å². The minimum Gasteiger partial charge on any atom is -0.504 e. The van der Waals surface area contributed by atoms with Crippen LogP contribution in [-0.2, 0) is 4.79 Å². The number of hydrogen-bond acceptors (Lipinski definition) is 5. The Kier molecular flexibility index (Phi) is 4.18. The highest BCUT2D eigenvalue weighted by molar-refractivity contribution is 7.80. The monoisotopic (exact) mass is 338 g/mol. The molecule has 2 aromatic rings. The van der Waals surface area contributed by atoms with Crippen molar-refractivity contribution in [2.24, 2.45) is 0 Å². The van der Waals surface area contributed by atoms with Crippen molar-refractivity contribution in [3.8, 4) is 11.5 Å². The lowest BCUT2D eigenvalue weighted by Gasteiger charge is -2.16. The van der Waals surface area contributed by atoms with Crippen LogP contribution in [0.5, 0.6) is 11.5 Å². The minimum absolute atomic E-state index is 0.227. The van der Waals surface area contributed by atoms with Crippen molar-refractivity contribution in [3.63, 3.8) is 0 Å². The molecule has 0 fully saturated rings. The van der Waals surface area contributed by atoms with Crippen LogP contribution in [0.1, 0.15) is 11.1 Å². The molecule has 0 bridgehead atoms. The van der Waals surface area contributed by atoms with Gasteiger partial charge in [0.1, 0.15) is 0 Å². The number of aliphatic hydroxyl groups is 1. The standard InChI is InChI=1S/C19H14O4S/c20-14-7-5-11(9-16(14)22)19(13-3-1-2-4-18(13)24)12-6-8-15(21)17(23)10-12/h1-10,20,22-24H/b19-12-. The van der Waals surface area contributed by atoms with Gasteiger partial charge >= 0.3 is 0 Å². The summed E-state index contributed by atoms with van der Waals surface area (Å²) in [5, 5.41) is 29.2. The first kappa shape index (κ1) is 16.0. The summed E-state index contributed by atoms with van der Waals surface area (Å²) in [4.78, 5) is 12.2. The van der Waals surface area contributed by atoms with Gasteiger partial charge in [0.2, 0.25) is 5.78 Å². The first-order chi connectivity index (χ1) is 11.5. The predicted octanol–water partition coefficient (Wildman–Crippen LogP) is 3.77. The molecule has 0 aromatic heterocycles. The second kappa shape index (κ2) is 6.29. The number of ketones is 1. The fourth-order valence-corrected chi connectivity index (χ4v) is 2.79. The number of allylic oxidation sites excluding steroid dienone is 4. The van der Waals surface area contributed by atoms with Crippen molar-refractivity contribution in [3.05, 3.63) is 83.2 Å². The molecule has 0 amide bonds. The van der Waals surface area contributed by atoms with Gasteiger partial charge in [-0.15, -0.1) is 12.6 Å². The summed E-state index contributed by atoms with van der Waals surface area (Å²) in [5.74, 6) is -1.31. The molecular formula is C19H14O4S. The van der Waals surface area contributed by atoms with Gasteiger partial charge in [-0.2, -0.15) is 0 Å². The molecule has 0 spiro atoms. The van der Waals surface area contributed by atoms with Crippen LogP contribution >= 0.6 is 12.6 Å². The Bertz CT molecular complexity index is 923. The van der Waals surface area contributed by atoms with Crippen LogP contribution in [0.4, 0.5) is 0 Å². The van der Waals surface area contributed by atoms with Crippen LogP contribution in [0.25, 0.3) is 5.57 Å². The maximum absolute atomic E-state index is 11.5. The molecule has 1 aliphatic rings. The van der Waals surface area contributed by atoms with E-state index in [1.54, 1.807) is 12.1 Å². The van der Waals surface area contributed by atoms with E-state index in [9.17, 15) is 20.1 Å². The van der Waals surface area contributed by atoms with Crippen LogP contribution < -0.4 is 0 Å². The third-order valence-electron chi connectivity index (χ3n) is 3.69. The van der Waals surface area contributed by atoms with Gasteiger partial charge in [-0.1, -0.05) is 30.3 Å². The van der Waals surface area contributed by atoms with Gasteiger partial charge in [-0.25, -0.2) is 0 Å².